The van der Waals surface area contributed by atoms with E-state index < -0.39 is 5.97 Å². The molecule has 14 heavy (non-hydrogen) atoms. The van der Waals surface area contributed by atoms with Crippen LogP contribution >= 0.6 is 11.3 Å². The fourth-order valence-corrected chi connectivity index (χ4v) is 1.66. The molecule has 0 amide bonds. The first-order chi connectivity index (χ1) is 6.77. The zero-order valence-electron chi connectivity index (χ0n) is 7.12. The predicted octanol–water partition coefficient (Wildman–Crippen LogP) is 1.09. The van der Waals surface area contributed by atoms with Crippen molar-refractivity contribution in [2.45, 2.75) is 6.54 Å². The molecule has 0 aliphatic heterocycles. The highest BCUT2D eigenvalue weighted by atomic mass is 32.1. The number of aromatic nitrogens is 3. The van der Waals surface area contributed by atoms with Crippen LogP contribution in [0.2, 0.25) is 0 Å². The van der Waals surface area contributed by atoms with Crippen LogP contribution in [0.25, 0.3) is 0 Å². The lowest BCUT2D eigenvalue weighted by Crippen LogP contribution is -2.10. The Kier molecular flexibility index (Phi) is 2.28. The molecule has 0 radical (unpaired) electrons. The second-order valence-corrected chi connectivity index (χ2v) is 3.38. The Morgan fingerprint density at radius 2 is 2.50 bits per heavy atom. The van der Waals surface area contributed by atoms with Crippen molar-refractivity contribution in [2.24, 2.45) is 0 Å². The molecule has 2 aromatic rings. The van der Waals surface area contributed by atoms with Crippen molar-refractivity contribution in [3.63, 3.8) is 0 Å². The number of hydrogen-bond donors (Lipinski definition) is 1. The monoisotopic (exact) mass is 209 g/mol. The van der Waals surface area contributed by atoms with Crippen molar-refractivity contribution < 1.29 is 9.90 Å². The summed E-state index contributed by atoms with van der Waals surface area (Å²) in [6, 6.07) is 1.47. The number of carboxylic acid groups (broad SMARTS) is 1. The van der Waals surface area contributed by atoms with Crippen LogP contribution in [0.1, 0.15) is 16.2 Å². The third-order valence-electron chi connectivity index (χ3n) is 1.73. The van der Waals surface area contributed by atoms with Crippen LogP contribution in [0, 0.1) is 0 Å². The number of carbonyl (C=O) groups is 1. The Hall–Kier alpha value is -1.69. The summed E-state index contributed by atoms with van der Waals surface area (Å²) in [4.78, 5) is 14.8. The third kappa shape index (κ3) is 1.64. The van der Waals surface area contributed by atoms with Crippen LogP contribution in [0.15, 0.2) is 23.2 Å². The SMILES string of the molecule is O=C(O)c1ccnn1Cc1cscn1. The normalized spacial score (nSPS) is 10.3. The molecular weight excluding hydrogens is 202 g/mol. The van der Waals surface area contributed by atoms with Crippen molar-refractivity contribution >= 4 is 17.3 Å². The minimum Gasteiger partial charge on any atom is -0.477 e. The molecule has 5 nitrogen and oxygen atoms in total. The number of carboxylic acids is 1. The van der Waals surface area contributed by atoms with Crippen molar-refractivity contribution in [1.82, 2.24) is 14.8 Å². The van der Waals surface area contributed by atoms with Gasteiger partial charge in [0.25, 0.3) is 0 Å². The Balaban J connectivity index is 2.25. The Morgan fingerprint density at radius 1 is 1.64 bits per heavy atom. The van der Waals surface area contributed by atoms with Gasteiger partial charge in [0.05, 0.1) is 17.7 Å². The number of nitrogens with zero attached hydrogens (tertiary/aromatic N) is 3. The minimum atomic E-state index is -0.974. The first-order valence-corrected chi connectivity index (χ1v) is 4.84. The van der Waals surface area contributed by atoms with E-state index in [-0.39, 0.29) is 5.69 Å². The molecule has 6 heteroatoms. The highest BCUT2D eigenvalue weighted by Crippen LogP contribution is 2.06. The molecule has 72 valence electrons. The maximum Gasteiger partial charge on any atom is 0.354 e. The van der Waals surface area contributed by atoms with Crippen LogP contribution in [-0.2, 0) is 6.54 Å². The van der Waals surface area contributed by atoms with Gasteiger partial charge in [-0.3, -0.25) is 4.68 Å². The minimum absolute atomic E-state index is 0.179. The number of aromatic carboxylic acids is 1. The molecule has 1 N–H and O–H groups in total. The van der Waals surface area contributed by atoms with Gasteiger partial charge in [0, 0.05) is 11.6 Å². The van der Waals surface area contributed by atoms with Crippen LogP contribution in [0.4, 0.5) is 0 Å². The van der Waals surface area contributed by atoms with Gasteiger partial charge in [0.2, 0.25) is 0 Å². The predicted molar refractivity (Wildman–Crippen MR) is 50.4 cm³/mol. The van der Waals surface area contributed by atoms with E-state index in [4.69, 9.17) is 5.11 Å². The van der Waals surface area contributed by atoms with Crippen LogP contribution in [0.3, 0.4) is 0 Å². The smallest absolute Gasteiger partial charge is 0.354 e. The molecule has 0 aliphatic rings. The lowest BCUT2D eigenvalue weighted by molar-refractivity contribution is 0.0684. The second-order valence-electron chi connectivity index (χ2n) is 2.66. The molecule has 0 spiro atoms. The summed E-state index contributed by atoms with van der Waals surface area (Å²) in [6.07, 6.45) is 1.47. The lowest BCUT2D eigenvalue weighted by atomic mass is 10.4. The van der Waals surface area contributed by atoms with E-state index in [2.05, 4.69) is 10.1 Å². The lowest BCUT2D eigenvalue weighted by Gasteiger charge is -2.00. The second kappa shape index (κ2) is 3.59. The highest BCUT2D eigenvalue weighted by molar-refractivity contribution is 7.07. The molecular formula is C8H7N3O2S. The Bertz CT molecular complexity index is 435. The molecule has 0 aromatic carbocycles. The molecule has 0 atom stereocenters. The molecule has 0 bridgehead atoms. The first kappa shape index (κ1) is 8.89. The van der Waals surface area contributed by atoms with E-state index >= 15 is 0 Å². The van der Waals surface area contributed by atoms with E-state index in [1.165, 1.54) is 28.3 Å². The van der Waals surface area contributed by atoms with E-state index in [0.717, 1.165) is 5.69 Å². The summed E-state index contributed by atoms with van der Waals surface area (Å²) >= 11 is 1.48. The third-order valence-corrected chi connectivity index (χ3v) is 2.37. The summed E-state index contributed by atoms with van der Waals surface area (Å²) < 4.78 is 1.41. The van der Waals surface area contributed by atoms with E-state index in [9.17, 15) is 4.79 Å². The van der Waals surface area contributed by atoms with Crippen molar-refractivity contribution in [3.8, 4) is 0 Å². The van der Waals surface area contributed by atoms with Crippen LogP contribution in [0.5, 0.6) is 0 Å². The molecule has 0 fully saturated rings. The maximum absolute atomic E-state index is 10.7. The number of thiazole rings is 1. The summed E-state index contributed by atoms with van der Waals surface area (Å²) in [7, 11) is 0. The van der Waals surface area contributed by atoms with Gasteiger partial charge < -0.3 is 5.11 Å². The molecule has 2 rings (SSSR count). The molecule has 2 heterocycles. The van der Waals surface area contributed by atoms with Gasteiger partial charge in [-0.05, 0) is 6.07 Å². The fraction of sp³-hybridized carbons (Fsp3) is 0.125. The van der Waals surface area contributed by atoms with Crippen LogP contribution < -0.4 is 0 Å². The average molecular weight is 209 g/mol. The average Bonchev–Trinajstić information content (AvgIpc) is 2.75. The van der Waals surface area contributed by atoms with Crippen molar-refractivity contribution in [3.05, 3.63) is 34.5 Å². The first-order valence-electron chi connectivity index (χ1n) is 3.89. The summed E-state index contributed by atoms with van der Waals surface area (Å²) in [5, 5.41) is 14.6. The molecule has 0 saturated heterocycles. The topological polar surface area (TPSA) is 68.0 Å². The van der Waals surface area contributed by atoms with Crippen LogP contribution in [-0.4, -0.2) is 25.8 Å². The van der Waals surface area contributed by atoms with Gasteiger partial charge in [-0.2, -0.15) is 5.10 Å². The number of hydrogen-bond acceptors (Lipinski definition) is 4. The zero-order chi connectivity index (χ0) is 9.97. The standard InChI is InChI=1S/C8H7N3O2S/c12-8(13)7-1-2-10-11(7)3-6-4-14-5-9-6/h1-2,4-5H,3H2,(H,12,13). The van der Waals surface area contributed by atoms with Crippen molar-refractivity contribution in [1.29, 1.82) is 0 Å². The Labute approximate surface area is 83.6 Å². The molecule has 0 saturated carbocycles. The fourth-order valence-electron chi connectivity index (χ4n) is 1.11. The summed E-state index contributed by atoms with van der Waals surface area (Å²) in [5.74, 6) is -0.974. The summed E-state index contributed by atoms with van der Waals surface area (Å²) in [6.45, 7) is 0.401. The van der Waals surface area contributed by atoms with Gasteiger partial charge >= 0.3 is 5.97 Å². The molecule has 2 aromatic heterocycles. The van der Waals surface area contributed by atoms with Gasteiger partial charge in [-0.15, -0.1) is 11.3 Å². The zero-order valence-corrected chi connectivity index (χ0v) is 7.94. The van der Waals surface area contributed by atoms with E-state index in [1.807, 2.05) is 5.38 Å². The van der Waals surface area contributed by atoms with Gasteiger partial charge in [0.1, 0.15) is 5.69 Å². The van der Waals surface area contributed by atoms with E-state index in [1.54, 1.807) is 5.51 Å². The maximum atomic E-state index is 10.7. The van der Waals surface area contributed by atoms with Gasteiger partial charge in [0.15, 0.2) is 0 Å². The Morgan fingerprint density at radius 3 is 3.14 bits per heavy atom. The molecule has 0 unspecified atom stereocenters. The molecule has 0 aliphatic carbocycles. The quantitative estimate of drug-likeness (QED) is 0.821. The van der Waals surface area contributed by atoms with Gasteiger partial charge in [-0.25, -0.2) is 9.78 Å². The summed E-state index contributed by atoms with van der Waals surface area (Å²) in [5.41, 5.74) is 2.71. The van der Waals surface area contributed by atoms with Crippen molar-refractivity contribution in [2.75, 3.05) is 0 Å². The number of rotatable bonds is 3. The van der Waals surface area contributed by atoms with E-state index in [0.29, 0.717) is 6.54 Å². The highest BCUT2D eigenvalue weighted by Gasteiger charge is 2.10. The van der Waals surface area contributed by atoms with Gasteiger partial charge in [-0.1, -0.05) is 0 Å². The largest absolute Gasteiger partial charge is 0.477 e.